The summed E-state index contributed by atoms with van der Waals surface area (Å²) in [5.74, 6) is -0.262. The van der Waals surface area contributed by atoms with E-state index >= 15 is 0 Å². The minimum absolute atomic E-state index is 0.112. The van der Waals surface area contributed by atoms with E-state index in [4.69, 9.17) is 4.74 Å². The van der Waals surface area contributed by atoms with Crippen molar-refractivity contribution in [2.24, 2.45) is 0 Å². The molecule has 0 aliphatic rings. The molecule has 0 aliphatic heterocycles. The van der Waals surface area contributed by atoms with Gasteiger partial charge in [0, 0.05) is 5.56 Å². The number of methoxy groups -OCH3 is 1. The molecule has 0 bridgehead atoms. The molecule has 1 aromatic heterocycles. The van der Waals surface area contributed by atoms with Crippen LogP contribution in [-0.2, 0) is 0 Å². The topological polar surface area (TPSA) is 56.2 Å². The molecule has 1 heterocycles. The smallest absolute Gasteiger partial charge is 0.274 e. The summed E-state index contributed by atoms with van der Waals surface area (Å²) in [6.45, 7) is 0. The lowest BCUT2D eigenvalue weighted by Crippen LogP contribution is -2.17. The fourth-order valence-electron chi connectivity index (χ4n) is 2.96. The molecule has 0 saturated carbocycles. The highest BCUT2D eigenvalue weighted by Crippen LogP contribution is 2.24. The van der Waals surface area contributed by atoms with Gasteiger partial charge in [0.15, 0.2) is 0 Å². The molecule has 6 heteroatoms. The van der Waals surface area contributed by atoms with Gasteiger partial charge in [0.25, 0.3) is 5.91 Å². The van der Waals surface area contributed by atoms with E-state index in [9.17, 15) is 9.18 Å². The average molecular weight is 387 g/mol. The highest BCUT2D eigenvalue weighted by molar-refractivity contribution is 6.04. The Bertz CT molecular complexity index is 1140. The van der Waals surface area contributed by atoms with E-state index < -0.39 is 11.7 Å². The lowest BCUT2D eigenvalue weighted by molar-refractivity contribution is 0.101. The van der Waals surface area contributed by atoms with E-state index in [1.165, 1.54) is 16.8 Å². The van der Waals surface area contributed by atoms with Gasteiger partial charge in [-0.2, -0.15) is 5.10 Å². The third kappa shape index (κ3) is 3.87. The first kappa shape index (κ1) is 18.4. The van der Waals surface area contributed by atoms with Crippen LogP contribution in [0.25, 0.3) is 16.9 Å². The van der Waals surface area contributed by atoms with Crippen molar-refractivity contribution in [1.29, 1.82) is 0 Å². The molecule has 144 valence electrons. The van der Waals surface area contributed by atoms with Gasteiger partial charge in [0.2, 0.25) is 0 Å². The van der Waals surface area contributed by atoms with Crippen molar-refractivity contribution in [3.05, 3.63) is 96.4 Å². The van der Waals surface area contributed by atoms with Crippen LogP contribution in [0, 0.1) is 5.82 Å². The normalized spacial score (nSPS) is 10.6. The molecule has 0 saturated heterocycles. The molecule has 1 N–H and O–H groups in total. The third-order valence-electron chi connectivity index (χ3n) is 4.45. The summed E-state index contributed by atoms with van der Waals surface area (Å²) < 4.78 is 20.7. The molecule has 0 unspecified atom stereocenters. The Hall–Kier alpha value is -3.93. The summed E-state index contributed by atoms with van der Waals surface area (Å²) in [5, 5.41) is 7.24. The maximum absolute atomic E-state index is 14.0. The number of ether oxygens (including phenoxy) is 1. The second-order valence-electron chi connectivity index (χ2n) is 6.32. The summed E-state index contributed by atoms with van der Waals surface area (Å²) in [6, 6.07) is 24.5. The number of hydrogen-bond donors (Lipinski definition) is 1. The Morgan fingerprint density at radius 1 is 0.966 bits per heavy atom. The van der Waals surface area contributed by atoms with E-state index in [1.807, 2.05) is 30.3 Å². The standard InChI is InChI=1S/C23H18FN3O2/c1-29-18-13-11-17(12-14-18)27-22(15-21(26-27)16-7-3-2-4-8-16)23(28)25-20-10-6-5-9-19(20)24/h2-15H,1H3,(H,25,28). The second kappa shape index (κ2) is 7.98. The van der Waals surface area contributed by atoms with Crippen LogP contribution < -0.4 is 10.1 Å². The van der Waals surface area contributed by atoms with Crippen LogP contribution in [0.3, 0.4) is 0 Å². The Kier molecular flexibility index (Phi) is 5.07. The maximum atomic E-state index is 14.0. The van der Waals surface area contributed by atoms with Crippen molar-refractivity contribution in [3.8, 4) is 22.7 Å². The van der Waals surface area contributed by atoms with Crippen LogP contribution in [0.1, 0.15) is 10.5 Å². The fourth-order valence-corrected chi connectivity index (χ4v) is 2.96. The number of anilines is 1. The minimum Gasteiger partial charge on any atom is -0.497 e. The largest absolute Gasteiger partial charge is 0.497 e. The molecule has 1 amide bonds. The van der Waals surface area contributed by atoms with E-state index in [0.717, 1.165) is 5.56 Å². The van der Waals surface area contributed by atoms with Crippen molar-refractivity contribution in [3.63, 3.8) is 0 Å². The minimum atomic E-state index is -0.500. The lowest BCUT2D eigenvalue weighted by Gasteiger charge is -2.09. The van der Waals surface area contributed by atoms with Gasteiger partial charge in [-0.3, -0.25) is 4.79 Å². The van der Waals surface area contributed by atoms with Gasteiger partial charge in [0.1, 0.15) is 17.3 Å². The molecule has 3 aromatic carbocycles. The van der Waals surface area contributed by atoms with E-state index in [2.05, 4.69) is 10.4 Å². The predicted octanol–water partition coefficient (Wildman–Crippen LogP) is 4.94. The van der Waals surface area contributed by atoms with Crippen LogP contribution >= 0.6 is 0 Å². The number of nitrogens with zero attached hydrogens (tertiary/aromatic N) is 2. The van der Waals surface area contributed by atoms with Crippen LogP contribution in [-0.4, -0.2) is 22.8 Å². The number of para-hydroxylation sites is 1. The Labute approximate surface area is 167 Å². The van der Waals surface area contributed by atoms with Crippen molar-refractivity contribution in [2.45, 2.75) is 0 Å². The molecular weight excluding hydrogens is 369 g/mol. The molecule has 5 nitrogen and oxygen atoms in total. The van der Waals surface area contributed by atoms with Gasteiger partial charge in [0.05, 0.1) is 24.2 Å². The summed E-state index contributed by atoms with van der Waals surface area (Å²) >= 11 is 0. The highest BCUT2D eigenvalue weighted by atomic mass is 19.1. The number of benzene rings is 3. The van der Waals surface area contributed by atoms with Gasteiger partial charge in [-0.1, -0.05) is 42.5 Å². The zero-order chi connectivity index (χ0) is 20.2. The van der Waals surface area contributed by atoms with Gasteiger partial charge in [-0.05, 0) is 42.5 Å². The van der Waals surface area contributed by atoms with Crippen molar-refractivity contribution >= 4 is 11.6 Å². The Morgan fingerprint density at radius 2 is 1.66 bits per heavy atom. The predicted molar refractivity (Wildman–Crippen MR) is 110 cm³/mol. The van der Waals surface area contributed by atoms with Crippen LogP contribution in [0.15, 0.2) is 84.9 Å². The summed E-state index contributed by atoms with van der Waals surface area (Å²) in [4.78, 5) is 13.0. The number of nitrogens with one attached hydrogen (secondary N) is 1. The molecule has 0 aliphatic carbocycles. The van der Waals surface area contributed by atoms with E-state index in [0.29, 0.717) is 17.1 Å². The van der Waals surface area contributed by atoms with Gasteiger partial charge >= 0.3 is 0 Å². The molecule has 0 spiro atoms. The summed E-state index contributed by atoms with van der Waals surface area (Å²) in [5.41, 5.74) is 2.60. The number of halogens is 1. The van der Waals surface area contributed by atoms with Crippen molar-refractivity contribution in [1.82, 2.24) is 9.78 Å². The number of hydrogen-bond acceptors (Lipinski definition) is 3. The van der Waals surface area contributed by atoms with Gasteiger partial charge in [-0.15, -0.1) is 0 Å². The molecule has 29 heavy (non-hydrogen) atoms. The zero-order valence-corrected chi connectivity index (χ0v) is 15.7. The van der Waals surface area contributed by atoms with E-state index in [1.54, 1.807) is 49.6 Å². The molecule has 0 radical (unpaired) electrons. The summed E-state index contributed by atoms with van der Waals surface area (Å²) in [6.07, 6.45) is 0. The maximum Gasteiger partial charge on any atom is 0.274 e. The number of amides is 1. The zero-order valence-electron chi connectivity index (χ0n) is 15.7. The lowest BCUT2D eigenvalue weighted by atomic mass is 10.1. The van der Waals surface area contributed by atoms with Crippen LogP contribution in [0.4, 0.5) is 10.1 Å². The van der Waals surface area contributed by atoms with Gasteiger partial charge in [-0.25, -0.2) is 9.07 Å². The van der Waals surface area contributed by atoms with Crippen LogP contribution in [0.2, 0.25) is 0 Å². The number of carbonyl (C=O) groups is 1. The van der Waals surface area contributed by atoms with Crippen molar-refractivity contribution < 1.29 is 13.9 Å². The van der Waals surface area contributed by atoms with Gasteiger partial charge < -0.3 is 10.1 Å². The quantitative estimate of drug-likeness (QED) is 0.528. The van der Waals surface area contributed by atoms with Crippen molar-refractivity contribution in [2.75, 3.05) is 12.4 Å². The monoisotopic (exact) mass is 387 g/mol. The molecule has 4 rings (SSSR count). The first-order valence-corrected chi connectivity index (χ1v) is 9.01. The number of carbonyl (C=O) groups excluding carboxylic acids is 1. The number of rotatable bonds is 5. The highest BCUT2D eigenvalue weighted by Gasteiger charge is 2.19. The average Bonchev–Trinajstić information content (AvgIpc) is 3.22. The Morgan fingerprint density at radius 3 is 2.34 bits per heavy atom. The molecule has 0 fully saturated rings. The molecule has 0 atom stereocenters. The first-order chi connectivity index (χ1) is 14.2. The second-order valence-corrected chi connectivity index (χ2v) is 6.32. The fraction of sp³-hybridized carbons (Fsp3) is 0.0435. The third-order valence-corrected chi connectivity index (χ3v) is 4.45. The Balaban J connectivity index is 1.77. The summed E-state index contributed by atoms with van der Waals surface area (Å²) in [7, 11) is 1.59. The SMILES string of the molecule is COc1ccc(-n2nc(-c3ccccc3)cc2C(=O)Nc2ccccc2F)cc1. The van der Waals surface area contributed by atoms with E-state index in [-0.39, 0.29) is 11.4 Å². The number of aromatic nitrogens is 2. The first-order valence-electron chi connectivity index (χ1n) is 9.01. The molecule has 4 aromatic rings. The van der Waals surface area contributed by atoms with Crippen LogP contribution in [0.5, 0.6) is 5.75 Å². The molecular formula is C23H18FN3O2.